The van der Waals surface area contributed by atoms with Crippen molar-refractivity contribution in [1.82, 2.24) is 19.1 Å². The average Bonchev–Trinajstić information content (AvgIpc) is 3.34. The first-order valence-corrected chi connectivity index (χ1v) is 11.4. The lowest BCUT2D eigenvalue weighted by Gasteiger charge is -2.32. The fourth-order valence-electron chi connectivity index (χ4n) is 3.99. The van der Waals surface area contributed by atoms with E-state index in [9.17, 15) is 8.42 Å². The van der Waals surface area contributed by atoms with E-state index >= 15 is 0 Å². The highest BCUT2D eigenvalue weighted by Crippen LogP contribution is 2.36. The number of aromatic nitrogens is 3. The summed E-state index contributed by atoms with van der Waals surface area (Å²) in [6, 6.07) is 7.32. The maximum Gasteiger partial charge on any atom is 0.247 e. The Bertz CT molecular complexity index is 1140. The summed E-state index contributed by atoms with van der Waals surface area (Å²) in [4.78, 5) is 4.68. The van der Waals surface area contributed by atoms with Crippen molar-refractivity contribution in [1.29, 1.82) is 0 Å². The lowest BCUT2D eigenvalue weighted by atomic mass is 10.1. The van der Waals surface area contributed by atoms with Crippen LogP contribution in [-0.4, -0.2) is 41.1 Å². The standard InChI is InChI=1S/C21H26N4O4S/c1-15-20(14-24(2)23-15)30(26,27)25-11-7-6-9-18(25)21-22-13-17(29-21)12-16-8-4-5-10-19(16)28-3/h4-5,8,10,13-14,18H,6-7,9,11-12H2,1-3H3. The maximum atomic E-state index is 13.4. The minimum Gasteiger partial charge on any atom is -0.496 e. The summed E-state index contributed by atoms with van der Waals surface area (Å²) in [6.07, 6.45) is 6.16. The summed E-state index contributed by atoms with van der Waals surface area (Å²) >= 11 is 0. The Kier molecular flexibility index (Phi) is 5.66. The Balaban J connectivity index is 1.62. The lowest BCUT2D eigenvalue weighted by Crippen LogP contribution is -2.38. The van der Waals surface area contributed by atoms with E-state index in [2.05, 4.69) is 10.1 Å². The largest absolute Gasteiger partial charge is 0.496 e. The Morgan fingerprint density at radius 3 is 2.80 bits per heavy atom. The molecule has 0 bridgehead atoms. The van der Waals surface area contributed by atoms with Crippen molar-refractivity contribution in [3.8, 4) is 5.75 Å². The van der Waals surface area contributed by atoms with Crippen molar-refractivity contribution < 1.29 is 17.6 Å². The van der Waals surface area contributed by atoms with E-state index in [4.69, 9.17) is 9.15 Å². The van der Waals surface area contributed by atoms with E-state index in [-0.39, 0.29) is 4.90 Å². The van der Waals surface area contributed by atoms with E-state index in [0.29, 0.717) is 36.7 Å². The van der Waals surface area contributed by atoms with Crippen LogP contribution < -0.4 is 4.74 Å². The number of rotatable bonds is 6. The molecule has 0 aliphatic carbocycles. The zero-order valence-corrected chi connectivity index (χ0v) is 18.2. The van der Waals surface area contributed by atoms with Crippen LogP contribution in [0, 0.1) is 6.92 Å². The van der Waals surface area contributed by atoms with Crippen LogP contribution in [0.3, 0.4) is 0 Å². The molecule has 160 valence electrons. The molecule has 3 aromatic rings. The minimum absolute atomic E-state index is 0.234. The van der Waals surface area contributed by atoms with Crippen LogP contribution in [0.15, 0.2) is 46.0 Å². The third-order valence-electron chi connectivity index (χ3n) is 5.42. The molecule has 1 unspecified atom stereocenters. The molecule has 1 aromatic carbocycles. The van der Waals surface area contributed by atoms with Gasteiger partial charge in [-0.05, 0) is 25.8 Å². The minimum atomic E-state index is -3.70. The van der Waals surface area contributed by atoms with Gasteiger partial charge >= 0.3 is 0 Å². The zero-order chi connectivity index (χ0) is 21.3. The second-order valence-electron chi connectivity index (χ2n) is 7.53. The van der Waals surface area contributed by atoms with Crippen molar-refractivity contribution in [3.05, 3.63) is 59.6 Å². The first kappa shape index (κ1) is 20.6. The van der Waals surface area contributed by atoms with Crippen molar-refractivity contribution in [2.45, 2.75) is 43.5 Å². The van der Waals surface area contributed by atoms with Crippen LogP contribution >= 0.6 is 0 Å². The second-order valence-corrected chi connectivity index (χ2v) is 9.39. The Hall–Kier alpha value is -2.65. The predicted octanol–water partition coefficient (Wildman–Crippen LogP) is 3.23. The van der Waals surface area contributed by atoms with E-state index in [1.165, 1.54) is 8.99 Å². The fraction of sp³-hybridized carbons (Fsp3) is 0.429. The molecule has 8 nitrogen and oxygen atoms in total. The zero-order valence-electron chi connectivity index (χ0n) is 17.4. The number of oxazole rings is 1. The number of hydrogen-bond donors (Lipinski definition) is 0. The summed E-state index contributed by atoms with van der Waals surface area (Å²) in [7, 11) is -0.345. The smallest absolute Gasteiger partial charge is 0.247 e. The summed E-state index contributed by atoms with van der Waals surface area (Å²) in [5, 5.41) is 4.20. The van der Waals surface area contributed by atoms with Gasteiger partial charge in [-0.1, -0.05) is 24.6 Å². The van der Waals surface area contributed by atoms with Gasteiger partial charge in [0.2, 0.25) is 15.9 Å². The SMILES string of the molecule is COc1ccccc1Cc1cnc(C2CCCCN2S(=O)(=O)c2cn(C)nc2C)o1. The van der Waals surface area contributed by atoms with Gasteiger partial charge in [-0.3, -0.25) is 4.68 Å². The fourth-order valence-corrected chi connectivity index (χ4v) is 5.84. The molecule has 0 N–H and O–H groups in total. The summed E-state index contributed by atoms with van der Waals surface area (Å²) < 4.78 is 41.2. The molecule has 9 heteroatoms. The molecule has 1 saturated heterocycles. The molecule has 0 radical (unpaired) electrons. The lowest BCUT2D eigenvalue weighted by molar-refractivity contribution is 0.216. The number of hydrogen-bond acceptors (Lipinski definition) is 6. The van der Waals surface area contributed by atoms with E-state index < -0.39 is 16.1 Å². The Morgan fingerprint density at radius 2 is 2.07 bits per heavy atom. The molecule has 3 heterocycles. The van der Waals surface area contributed by atoms with E-state index in [1.54, 1.807) is 33.5 Å². The molecule has 1 aliphatic rings. The molecule has 4 rings (SSSR count). The normalized spacial score (nSPS) is 17.9. The number of benzene rings is 1. The quantitative estimate of drug-likeness (QED) is 0.596. The first-order chi connectivity index (χ1) is 14.4. The molecule has 0 spiro atoms. The molecule has 1 atom stereocenters. The summed E-state index contributed by atoms with van der Waals surface area (Å²) in [5.74, 6) is 1.89. The van der Waals surface area contributed by atoms with Gasteiger partial charge in [0.05, 0.1) is 19.0 Å². The van der Waals surface area contributed by atoms with Crippen LogP contribution in [0.4, 0.5) is 0 Å². The summed E-state index contributed by atoms with van der Waals surface area (Å²) in [6.45, 7) is 2.15. The summed E-state index contributed by atoms with van der Waals surface area (Å²) in [5.41, 5.74) is 1.48. The highest BCUT2D eigenvalue weighted by atomic mass is 32.2. The number of piperidine rings is 1. The number of aryl methyl sites for hydroxylation is 2. The number of nitrogens with zero attached hydrogens (tertiary/aromatic N) is 4. The number of ether oxygens (including phenoxy) is 1. The number of methoxy groups -OCH3 is 1. The highest BCUT2D eigenvalue weighted by Gasteiger charge is 2.38. The number of sulfonamides is 1. The van der Waals surface area contributed by atoms with Crippen molar-refractivity contribution >= 4 is 10.0 Å². The molecule has 2 aromatic heterocycles. The molecule has 0 amide bonds. The molecule has 1 aliphatic heterocycles. The average molecular weight is 431 g/mol. The van der Waals surface area contributed by atoms with Gasteiger partial charge in [-0.15, -0.1) is 0 Å². The van der Waals surface area contributed by atoms with Crippen LogP contribution in [0.25, 0.3) is 0 Å². The van der Waals surface area contributed by atoms with Gasteiger partial charge in [0.1, 0.15) is 22.4 Å². The van der Waals surface area contributed by atoms with Gasteiger partial charge in [0.15, 0.2) is 0 Å². The molecular formula is C21H26N4O4S. The van der Waals surface area contributed by atoms with Crippen molar-refractivity contribution in [3.63, 3.8) is 0 Å². The Labute approximate surface area is 176 Å². The van der Waals surface area contributed by atoms with Crippen molar-refractivity contribution in [2.75, 3.05) is 13.7 Å². The van der Waals surface area contributed by atoms with Crippen molar-refractivity contribution in [2.24, 2.45) is 7.05 Å². The van der Waals surface area contributed by atoms with Crippen LogP contribution in [0.5, 0.6) is 5.75 Å². The number of para-hydroxylation sites is 1. The van der Waals surface area contributed by atoms with Crippen LogP contribution in [-0.2, 0) is 23.5 Å². The molecular weight excluding hydrogens is 404 g/mol. The second kappa shape index (κ2) is 8.23. The van der Waals surface area contributed by atoms with E-state index in [1.807, 2.05) is 24.3 Å². The van der Waals surface area contributed by atoms with Crippen LogP contribution in [0.1, 0.15) is 48.2 Å². The molecule has 1 fully saturated rings. The van der Waals surface area contributed by atoms with Gasteiger partial charge in [-0.2, -0.15) is 9.40 Å². The first-order valence-electron chi connectivity index (χ1n) is 9.98. The van der Waals surface area contributed by atoms with Gasteiger partial charge in [0, 0.05) is 31.8 Å². The van der Waals surface area contributed by atoms with Gasteiger partial charge in [0.25, 0.3) is 0 Å². The van der Waals surface area contributed by atoms with E-state index in [0.717, 1.165) is 24.2 Å². The highest BCUT2D eigenvalue weighted by molar-refractivity contribution is 7.89. The predicted molar refractivity (Wildman–Crippen MR) is 111 cm³/mol. The molecule has 0 saturated carbocycles. The van der Waals surface area contributed by atoms with Crippen LogP contribution in [0.2, 0.25) is 0 Å². The maximum absolute atomic E-state index is 13.4. The third-order valence-corrected chi connectivity index (χ3v) is 7.43. The van der Waals surface area contributed by atoms with Gasteiger partial charge < -0.3 is 9.15 Å². The topological polar surface area (TPSA) is 90.5 Å². The molecule has 30 heavy (non-hydrogen) atoms. The van der Waals surface area contributed by atoms with Gasteiger partial charge in [-0.25, -0.2) is 13.4 Å². The Morgan fingerprint density at radius 1 is 1.27 bits per heavy atom. The third kappa shape index (κ3) is 3.87. The monoisotopic (exact) mass is 430 g/mol.